The number of imidazole rings is 2. The molecule has 1 spiro atoms. The molecule has 0 unspecified atom stereocenters. The number of carbonyl (C=O) groups is 1. The van der Waals surface area contributed by atoms with Crippen LogP contribution >= 0.6 is 0 Å². The molecule has 0 radical (unpaired) electrons. The molecule has 9 nitrogen and oxygen atoms in total. The molecule has 6 rings (SSSR count). The van der Waals surface area contributed by atoms with Gasteiger partial charge in [0.25, 0.3) is 5.89 Å². The second-order valence-corrected chi connectivity index (χ2v) is 11.5. The molecular weight excluding hydrogens is 466 g/mol. The summed E-state index contributed by atoms with van der Waals surface area (Å²) in [6, 6.07) is 0.832. The van der Waals surface area contributed by atoms with Crippen LogP contribution in [0.1, 0.15) is 79.5 Å². The van der Waals surface area contributed by atoms with Gasteiger partial charge >= 0.3 is 0 Å². The van der Waals surface area contributed by atoms with Crippen LogP contribution in [0.15, 0.2) is 35.4 Å². The molecular formula is C28H39N7O2. The largest absolute Gasteiger partial charge is 0.438 e. The highest BCUT2D eigenvalue weighted by Gasteiger charge is 2.41. The summed E-state index contributed by atoms with van der Waals surface area (Å²) < 4.78 is 6.03. The fourth-order valence-corrected chi connectivity index (χ4v) is 6.81. The van der Waals surface area contributed by atoms with Gasteiger partial charge in [0.05, 0.1) is 12.7 Å². The smallest absolute Gasteiger partial charge is 0.263 e. The Morgan fingerprint density at radius 3 is 2.30 bits per heavy atom. The van der Waals surface area contributed by atoms with E-state index in [1.54, 1.807) is 31.0 Å². The zero-order valence-corrected chi connectivity index (χ0v) is 21.7. The number of Topliss-reactive ketones (excluding diaryl/α,β-unsaturated/α-hetero) is 1. The molecule has 37 heavy (non-hydrogen) atoms. The van der Waals surface area contributed by atoms with Gasteiger partial charge in [-0.1, -0.05) is 19.3 Å². The summed E-state index contributed by atoms with van der Waals surface area (Å²) in [5.74, 6) is 2.05. The Morgan fingerprint density at radius 2 is 1.65 bits per heavy atom. The van der Waals surface area contributed by atoms with Crippen LogP contribution in [-0.4, -0.2) is 72.7 Å². The van der Waals surface area contributed by atoms with Crippen LogP contribution in [0.4, 0.5) is 0 Å². The monoisotopic (exact) mass is 505 g/mol. The summed E-state index contributed by atoms with van der Waals surface area (Å²) in [5.41, 5.74) is 0.445. The highest BCUT2D eigenvalue weighted by atomic mass is 16.4. The number of nitrogens with one attached hydrogen (secondary N) is 2. The number of piperidine rings is 1. The Kier molecular flexibility index (Phi) is 7.24. The van der Waals surface area contributed by atoms with Gasteiger partial charge in [0.2, 0.25) is 5.78 Å². The van der Waals surface area contributed by atoms with Gasteiger partial charge in [-0.3, -0.25) is 9.69 Å². The van der Waals surface area contributed by atoms with Crippen molar-refractivity contribution in [3.63, 3.8) is 0 Å². The van der Waals surface area contributed by atoms with Crippen LogP contribution in [0.2, 0.25) is 0 Å². The predicted octanol–water partition coefficient (Wildman–Crippen LogP) is 4.03. The fraction of sp³-hybridized carbons (Fsp3) is 0.643. The lowest BCUT2D eigenvalue weighted by Gasteiger charge is -2.43. The van der Waals surface area contributed by atoms with Gasteiger partial charge < -0.3 is 19.3 Å². The summed E-state index contributed by atoms with van der Waals surface area (Å²) in [6.45, 7) is 5.44. The minimum Gasteiger partial charge on any atom is -0.438 e. The molecule has 3 aromatic heterocycles. The molecule has 0 atom stereocenters. The standard InChI is InChI=1S/C28H39N7O2/c36-26(21(16-24-29-9-10-30-24)17-25-31-11-12-32-25)27-33-18-23(37-27)19-34-13-6-28(20-34)7-14-35(15-8-28)22-4-2-1-3-5-22/h9-12,18,21-22H,1-8,13-17,19-20H2,(H,29,30)(H,31,32). The van der Waals surface area contributed by atoms with Crippen LogP contribution in [-0.2, 0) is 19.4 Å². The molecule has 3 aromatic rings. The van der Waals surface area contributed by atoms with Crippen LogP contribution in [0, 0.1) is 11.3 Å². The molecule has 3 aliphatic rings. The summed E-state index contributed by atoms with van der Waals surface area (Å²) in [5, 5.41) is 0. The molecule has 2 aliphatic heterocycles. The average Bonchev–Trinajstić information content (AvgIpc) is 3.74. The van der Waals surface area contributed by atoms with Crippen molar-refractivity contribution in [2.45, 2.75) is 76.8 Å². The molecule has 9 heteroatoms. The van der Waals surface area contributed by atoms with E-state index < -0.39 is 0 Å². The van der Waals surface area contributed by atoms with E-state index in [1.807, 2.05) is 0 Å². The summed E-state index contributed by atoms with van der Waals surface area (Å²) in [7, 11) is 0. The lowest BCUT2D eigenvalue weighted by molar-refractivity contribution is 0.0610. The Morgan fingerprint density at radius 1 is 0.973 bits per heavy atom. The lowest BCUT2D eigenvalue weighted by Crippen LogP contribution is -2.46. The summed E-state index contributed by atoms with van der Waals surface area (Å²) in [4.78, 5) is 37.9. The maximum Gasteiger partial charge on any atom is 0.263 e. The first-order valence-electron chi connectivity index (χ1n) is 14.1. The second kappa shape index (κ2) is 10.9. The maximum absolute atomic E-state index is 13.4. The molecule has 0 amide bonds. The highest BCUT2D eigenvalue weighted by Crippen LogP contribution is 2.42. The Bertz CT molecular complexity index is 1090. The van der Waals surface area contributed by atoms with E-state index >= 15 is 0 Å². The first kappa shape index (κ1) is 24.6. The maximum atomic E-state index is 13.4. The normalized spacial score (nSPS) is 21.3. The Labute approximate surface area is 218 Å². The Hall–Kier alpha value is -2.78. The number of aromatic amines is 2. The van der Waals surface area contributed by atoms with Crippen molar-refractivity contribution in [2.24, 2.45) is 11.3 Å². The zero-order chi connectivity index (χ0) is 25.1. The van der Waals surface area contributed by atoms with Crippen molar-refractivity contribution in [1.82, 2.24) is 34.7 Å². The Balaban J connectivity index is 1.05. The van der Waals surface area contributed by atoms with Crippen molar-refractivity contribution < 1.29 is 9.21 Å². The number of nitrogens with zero attached hydrogens (tertiary/aromatic N) is 5. The number of ketones is 1. The number of aromatic nitrogens is 5. The van der Waals surface area contributed by atoms with Crippen LogP contribution in [0.3, 0.4) is 0 Å². The average molecular weight is 506 g/mol. The quantitative estimate of drug-likeness (QED) is 0.423. The van der Waals surface area contributed by atoms with Gasteiger partial charge in [-0.25, -0.2) is 15.0 Å². The predicted molar refractivity (Wildman–Crippen MR) is 139 cm³/mol. The number of carbonyl (C=O) groups excluding carboxylic acids is 1. The number of likely N-dealkylation sites (tertiary alicyclic amines) is 2. The minimum atomic E-state index is -0.354. The van der Waals surface area contributed by atoms with E-state index in [0.717, 1.165) is 43.1 Å². The van der Waals surface area contributed by atoms with Gasteiger partial charge in [-0.05, 0) is 57.2 Å². The minimum absolute atomic E-state index is 0.105. The molecule has 0 aromatic carbocycles. The lowest BCUT2D eigenvalue weighted by atomic mass is 9.77. The van der Waals surface area contributed by atoms with E-state index in [4.69, 9.17) is 4.42 Å². The first-order chi connectivity index (χ1) is 18.2. The van der Waals surface area contributed by atoms with Gasteiger partial charge in [-0.2, -0.15) is 0 Å². The van der Waals surface area contributed by atoms with E-state index in [0.29, 0.717) is 18.3 Å². The number of H-pyrrole nitrogens is 2. The SMILES string of the molecule is O=C(c1ncc(CN2CCC3(CCN(C4CCCCC4)CC3)C2)o1)C(Cc1ncc[nH]1)Cc1ncc[nH]1. The molecule has 0 bridgehead atoms. The van der Waals surface area contributed by atoms with Gasteiger partial charge in [0.1, 0.15) is 17.4 Å². The molecule has 2 saturated heterocycles. The van der Waals surface area contributed by atoms with E-state index in [1.165, 1.54) is 64.5 Å². The number of hydrogen-bond acceptors (Lipinski definition) is 7. The van der Waals surface area contributed by atoms with Crippen LogP contribution < -0.4 is 0 Å². The molecule has 1 saturated carbocycles. The van der Waals surface area contributed by atoms with E-state index in [-0.39, 0.29) is 17.6 Å². The highest BCUT2D eigenvalue weighted by molar-refractivity contribution is 5.93. The van der Waals surface area contributed by atoms with Crippen LogP contribution in [0.25, 0.3) is 0 Å². The van der Waals surface area contributed by atoms with Crippen molar-refractivity contribution in [1.29, 1.82) is 0 Å². The van der Waals surface area contributed by atoms with Crippen molar-refractivity contribution in [3.05, 3.63) is 54.3 Å². The summed E-state index contributed by atoms with van der Waals surface area (Å²) in [6.07, 6.45) is 20.6. The van der Waals surface area contributed by atoms with Gasteiger partial charge in [-0.15, -0.1) is 0 Å². The van der Waals surface area contributed by atoms with Crippen molar-refractivity contribution in [3.8, 4) is 0 Å². The summed E-state index contributed by atoms with van der Waals surface area (Å²) >= 11 is 0. The molecule has 2 N–H and O–H groups in total. The number of hydrogen-bond donors (Lipinski definition) is 2. The van der Waals surface area contributed by atoms with Crippen molar-refractivity contribution in [2.75, 3.05) is 26.2 Å². The third kappa shape index (κ3) is 5.72. The van der Waals surface area contributed by atoms with Gasteiger partial charge in [0.15, 0.2) is 0 Å². The topological polar surface area (TPSA) is 107 Å². The van der Waals surface area contributed by atoms with Crippen molar-refractivity contribution >= 4 is 5.78 Å². The van der Waals surface area contributed by atoms with Crippen LogP contribution in [0.5, 0.6) is 0 Å². The molecule has 1 aliphatic carbocycles. The van der Waals surface area contributed by atoms with E-state index in [2.05, 4.69) is 34.7 Å². The third-order valence-corrected chi connectivity index (χ3v) is 8.97. The molecule has 5 heterocycles. The molecule has 198 valence electrons. The molecule has 3 fully saturated rings. The first-order valence-corrected chi connectivity index (χ1v) is 14.1. The third-order valence-electron chi connectivity index (χ3n) is 8.97. The van der Waals surface area contributed by atoms with E-state index in [9.17, 15) is 4.79 Å². The van der Waals surface area contributed by atoms with Gasteiger partial charge in [0, 0.05) is 56.1 Å². The second-order valence-electron chi connectivity index (χ2n) is 11.5. The fourth-order valence-electron chi connectivity index (χ4n) is 6.81. The zero-order valence-electron chi connectivity index (χ0n) is 21.7. The number of rotatable bonds is 9. The number of oxazole rings is 1.